The van der Waals surface area contributed by atoms with Crippen molar-refractivity contribution in [1.82, 2.24) is 0 Å². The molecule has 5 heteroatoms. The number of benzene rings is 1. The van der Waals surface area contributed by atoms with Crippen molar-refractivity contribution in [2.24, 2.45) is 0 Å². The van der Waals surface area contributed by atoms with Crippen LogP contribution in [-0.2, 0) is 6.18 Å². The highest BCUT2D eigenvalue weighted by atomic mass is 28.3. The van der Waals surface area contributed by atoms with E-state index in [1.54, 1.807) is 0 Å². The molecule has 0 spiro atoms. The fourth-order valence-corrected chi connectivity index (χ4v) is 1.62. The van der Waals surface area contributed by atoms with E-state index in [1.165, 1.54) is 6.07 Å². The van der Waals surface area contributed by atoms with Crippen molar-refractivity contribution in [2.45, 2.75) is 25.8 Å². The van der Waals surface area contributed by atoms with Gasteiger partial charge in [0, 0.05) is 5.56 Å². The molecule has 0 radical (unpaired) electrons. The number of hydrogen-bond donors (Lipinski definition) is 1. The molecule has 1 N–H and O–H groups in total. The van der Waals surface area contributed by atoms with Crippen molar-refractivity contribution in [3.8, 4) is 17.2 Å². The van der Waals surface area contributed by atoms with E-state index in [1.807, 2.05) is 19.6 Å². The summed E-state index contributed by atoms with van der Waals surface area (Å²) < 4.78 is 37.5. The molecular formula is C12H13F3OSi. The van der Waals surface area contributed by atoms with Crippen LogP contribution in [0, 0.1) is 11.5 Å². The van der Waals surface area contributed by atoms with Gasteiger partial charge in [-0.05, 0) is 18.2 Å². The van der Waals surface area contributed by atoms with Crippen LogP contribution in [-0.4, -0.2) is 13.2 Å². The van der Waals surface area contributed by atoms with Crippen LogP contribution in [0.25, 0.3) is 0 Å². The number of hydrogen-bond acceptors (Lipinski definition) is 1. The standard InChI is InChI=1S/C12H13F3OSi/c1-17(2,3)7-6-9-4-5-11(16)10(8-9)12(13,14)15/h4-5,8,16H,1-3H3. The molecule has 0 saturated heterocycles. The summed E-state index contributed by atoms with van der Waals surface area (Å²) in [6.45, 7) is 6.02. The lowest BCUT2D eigenvalue weighted by atomic mass is 10.1. The highest BCUT2D eigenvalue weighted by Crippen LogP contribution is 2.35. The SMILES string of the molecule is C[Si](C)(C)C#Cc1ccc(O)c(C(F)(F)F)c1. The van der Waals surface area contributed by atoms with Crippen molar-refractivity contribution in [3.05, 3.63) is 29.3 Å². The molecule has 0 atom stereocenters. The lowest BCUT2D eigenvalue weighted by Crippen LogP contribution is -2.16. The quantitative estimate of drug-likeness (QED) is 0.556. The van der Waals surface area contributed by atoms with Gasteiger partial charge in [-0.15, -0.1) is 5.54 Å². The molecule has 0 unspecified atom stereocenters. The largest absolute Gasteiger partial charge is 0.507 e. The van der Waals surface area contributed by atoms with E-state index >= 15 is 0 Å². The molecule has 0 saturated carbocycles. The first-order valence-corrected chi connectivity index (χ1v) is 8.53. The van der Waals surface area contributed by atoms with E-state index in [0.29, 0.717) is 0 Å². The number of halogens is 3. The van der Waals surface area contributed by atoms with Gasteiger partial charge < -0.3 is 5.11 Å². The van der Waals surface area contributed by atoms with E-state index < -0.39 is 25.6 Å². The Morgan fingerprint density at radius 1 is 1.18 bits per heavy atom. The molecule has 0 aliphatic heterocycles. The number of aromatic hydroxyl groups is 1. The van der Waals surface area contributed by atoms with Gasteiger partial charge in [-0.2, -0.15) is 13.2 Å². The van der Waals surface area contributed by atoms with Gasteiger partial charge in [0.1, 0.15) is 13.8 Å². The average molecular weight is 258 g/mol. The second-order valence-corrected chi connectivity index (χ2v) is 9.48. The summed E-state index contributed by atoms with van der Waals surface area (Å²) in [5.41, 5.74) is 2.21. The Hall–Kier alpha value is -1.41. The molecule has 0 bridgehead atoms. The van der Waals surface area contributed by atoms with Gasteiger partial charge in [-0.3, -0.25) is 0 Å². The second-order valence-electron chi connectivity index (χ2n) is 4.73. The Bertz CT molecular complexity index is 475. The summed E-state index contributed by atoms with van der Waals surface area (Å²) in [5, 5.41) is 9.14. The number of phenolic OH excluding ortho intramolecular Hbond substituents is 1. The molecule has 0 heterocycles. The summed E-state index contributed by atoms with van der Waals surface area (Å²) in [4.78, 5) is 0. The zero-order chi connectivity index (χ0) is 13.3. The van der Waals surface area contributed by atoms with Crippen LogP contribution in [0.4, 0.5) is 13.2 Å². The molecule has 92 valence electrons. The predicted octanol–water partition coefficient (Wildman–Crippen LogP) is 3.64. The lowest BCUT2D eigenvalue weighted by molar-refractivity contribution is -0.138. The number of rotatable bonds is 0. The third-order valence-corrected chi connectivity index (χ3v) is 2.76. The molecular weight excluding hydrogens is 245 g/mol. The Morgan fingerprint density at radius 2 is 1.76 bits per heavy atom. The van der Waals surface area contributed by atoms with Gasteiger partial charge in [0.2, 0.25) is 0 Å². The molecule has 0 amide bonds. The van der Waals surface area contributed by atoms with Crippen LogP contribution in [0.2, 0.25) is 19.6 Å². The van der Waals surface area contributed by atoms with Crippen LogP contribution in [0.5, 0.6) is 5.75 Å². The van der Waals surface area contributed by atoms with Gasteiger partial charge in [0.05, 0.1) is 5.56 Å². The highest BCUT2D eigenvalue weighted by molar-refractivity contribution is 6.83. The van der Waals surface area contributed by atoms with E-state index in [9.17, 15) is 13.2 Å². The van der Waals surface area contributed by atoms with Gasteiger partial charge in [0.25, 0.3) is 0 Å². The summed E-state index contributed by atoms with van der Waals surface area (Å²) in [6, 6.07) is 3.29. The first-order valence-electron chi connectivity index (χ1n) is 5.03. The van der Waals surface area contributed by atoms with Crippen LogP contribution >= 0.6 is 0 Å². The Kier molecular flexibility index (Phi) is 3.58. The van der Waals surface area contributed by atoms with Gasteiger partial charge in [-0.1, -0.05) is 25.6 Å². The van der Waals surface area contributed by atoms with Crippen molar-refractivity contribution in [3.63, 3.8) is 0 Å². The van der Waals surface area contributed by atoms with E-state index in [-0.39, 0.29) is 5.56 Å². The maximum Gasteiger partial charge on any atom is 0.419 e. The maximum absolute atomic E-state index is 12.5. The highest BCUT2D eigenvalue weighted by Gasteiger charge is 2.33. The summed E-state index contributed by atoms with van der Waals surface area (Å²) in [6.07, 6.45) is -4.55. The van der Waals surface area contributed by atoms with Crippen molar-refractivity contribution in [2.75, 3.05) is 0 Å². The monoisotopic (exact) mass is 258 g/mol. The fraction of sp³-hybridized carbons (Fsp3) is 0.333. The first kappa shape index (κ1) is 13.7. The normalized spacial score (nSPS) is 11.9. The summed E-state index contributed by atoms with van der Waals surface area (Å²) in [7, 11) is -1.62. The topological polar surface area (TPSA) is 20.2 Å². The predicted molar refractivity (Wildman–Crippen MR) is 63.3 cm³/mol. The molecule has 0 aliphatic carbocycles. The van der Waals surface area contributed by atoms with Crippen molar-refractivity contribution < 1.29 is 18.3 Å². The minimum atomic E-state index is -4.55. The van der Waals surface area contributed by atoms with E-state index in [2.05, 4.69) is 11.5 Å². The zero-order valence-corrected chi connectivity index (χ0v) is 10.8. The van der Waals surface area contributed by atoms with Crippen LogP contribution in [0.3, 0.4) is 0 Å². The molecule has 1 aromatic rings. The smallest absolute Gasteiger partial charge is 0.419 e. The van der Waals surface area contributed by atoms with Crippen LogP contribution in [0.1, 0.15) is 11.1 Å². The summed E-state index contributed by atoms with van der Waals surface area (Å²) in [5.74, 6) is 1.96. The Labute approximate surface area is 99.3 Å². The van der Waals surface area contributed by atoms with Crippen molar-refractivity contribution in [1.29, 1.82) is 0 Å². The van der Waals surface area contributed by atoms with Gasteiger partial charge >= 0.3 is 6.18 Å². The first-order chi connectivity index (χ1) is 7.59. The maximum atomic E-state index is 12.5. The van der Waals surface area contributed by atoms with Crippen molar-refractivity contribution >= 4 is 8.07 Å². The van der Waals surface area contributed by atoms with Crippen LogP contribution in [0.15, 0.2) is 18.2 Å². The second kappa shape index (κ2) is 4.45. The van der Waals surface area contributed by atoms with Crippen LogP contribution < -0.4 is 0 Å². The average Bonchev–Trinajstić information content (AvgIpc) is 2.13. The minimum absolute atomic E-state index is 0.276. The fourth-order valence-electron chi connectivity index (χ4n) is 1.10. The third kappa shape index (κ3) is 4.15. The molecule has 1 aromatic carbocycles. The van der Waals surface area contributed by atoms with Gasteiger partial charge in [-0.25, -0.2) is 0 Å². The molecule has 1 nitrogen and oxygen atoms in total. The van der Waals surface area contributed by atoms with Gasteiger partial charge in [0.15, 0.2) is 0 Å². The zero-order valence-electron chi connectivity index (χ0n) is 9.81. The molecule has 17 heavy (non-hydrogen) atoms. The summed E-state index contributed by atoms with van der Waals surface area (Å²) >= 11 is 0. The number of alkyl halides is 3. The Balaban J connectivity index is 3.17. The van der Waals surface area contributed by atoms with E-state index in [0.717, 1.165) is 12.1 Å². The third-order valence-electron chi connectivity index (χ3n) is 1.88. The molecule has 0 aliphatic rings. The lowest BCUT2D eigenvalue weighted by Gasteiger charge is -2.09. The number of phenols is 1. The minimum Gasteiger partial charge on any atom is -0.507 e. The molecule has 0 aromatic heterocycles. The van der Waals surface area contributed by atoms with E-state index in [4.69, 9.17) is 5.11 Å². The molecule has 1 rings (SSSR count). The molecule has 0 fully saturated rings. The Morgan fingerprint density at radius 3 is 2.24 bits per heavy atom.